The Bertz CT molecular complexity index is 376. The molecular formula is C6H6ClNO3S. The van der Waals surface area contributed by atoms with Crippen molar-refractivity contribution in [1.82, 2.24) is 0 Å². The summed E-state index contributed by atoms with van der Waals surface area (Å²) in [5.41, 5.74) is 0. The summed E-state index contributed by atoms with van der Waals surface area (Å²) in [7, 11) is -3.61. The third-order valence-corrected chi connectivity index (χ3v) is 3.35. The Labute approximate surface area is 74.9 Å². The van der Waals surface area contributed by atoms with Gasteiger partial charge in [-0.05, 0) is 6.07 Å². The molecule has 0 aromatic carbocycles. The van der Waals surface area contributed by atoms with E-state index in [0.29, 0.717) is 0 Å². The van der Waals surface area contributed by atoms with E-state index in [-0.39, 0.29) is 9.76 Å². The first-order chi connectivity index (χ1) is 5.58. The molecule has 0 radical (unpaired) electrons. The fourth-order valence-corrected chi connectivity index (χ4v) is 1.78. The second kappa shape index (κ2) is 3.28. The predicted octanol–water partition coefficient (Wildman–Crippen LogP) is 0.290. The number of nitrogens with zero attached hydrogens (tertiary/aromatic N) is 1. The third-order valence-electron chi connectivity index (χ3n) is 1.25. The molecule has 12 heavy (non-hydrogen) atoms. The van der Waals surface area contributed by atoms with Gasteiger partial charge in [0.2, 0.25) is 0 Å². The van der Waals surface area contributed by atoms with Crippen molar-refractivity contribution in [3.05, 3.63) is 29.6 Å². The van der Waals surface area contributed by atoms with Gasteiger partial charge in [-0.15, -0.1) is 11.6 Å². The Morgan fingerprint density at radius 1 is 1.50 bits per heavy atom. The molecule has 6 heteroatoms. The van der Waals surface area contributed by atoms with Gasteiger partial charge < -0.3 is 5.21 Å². The summed E-state index contributed by atoms with van der Waals surface area (Å²) >= 11 is 5.16. The van der Waals surface area contributed by atoms with Gasteiger partial charge in [-0.25, -0.2) is 8.42 Å². The quantitative estimate of drug-likeness (QED) is 0.398. The highest BCUT2D eigenvalue weighted by Gasteiger charge is 2.21. The molecule has 1 heterocycles. The average molecular weight is 208 g/mol. The lowest BCUT2D eigenvalue weighted by molar-refractivity contribution is -0.646. The second-order valence-electron chi connectivity index (χ2n) is 2.09. The number of hydrogen-bond donors (Lipinski definition) is 0. The van der Waals surface area contributed by atoms with Crippen molar-refractivity contribution < 1.29 is 13.1 Å². The van der Waals surface area contributed by atoms with Crippen molar-refractivity contribution in [3.8, 4) is 0 Å². The number of alkyl halides is 1. The largest absolute Gasteiger partial charge is 0.618 e. The van der Waals surface area contributed by atoms with E-state index in [1.54, 1.807) is 0 Å². The zero-order valence-electron chi connectivity index (χ0n) is 5.97. The summed E-state index contributed by atoms with van der Waals surface area (Å²) in [4.78, 5) is 0. The van der Waals surface area contributed by atoms with E-state index in [1.165, 1.54) is 18.2 Å². The molecule has 0 fully saturated rings. The van der Waals surface area contributed by atoms with E-state index in [4.69, 9.17) is 11.6 Å². The van der Waals surface area contributed by atoms with Crippen molar-refractivity contribution in [2.75, 3.05) is 5.21 Å². The van der Waals surface area contributed by atoms with Gasteiger partial charge in [0, 0.05) is 12.1 Å². The number of sulfone groups is 1. The van der Waals surface area contributed by atoms with Gasteiger partial charge in [0.25, 0.3) is 9.84 Å². The fourth-order valence-electron chi connectivity index (χ4n) is 0.709. The van der Waals surface area contributed by atoms with Gasteiger partial charge in [0.05, 0.1) is 0 Å². The summed E-state index contributed by atoms with van der Waals surface area (Å²) in [6.45, 7) is 0. The molecule has 0 atom stereocenters. The smallest absolute Gasteiger partial charge is 0.309 e. The standard InChI is InChI=1S/C6H6ClNO3S/c7-5-12(10,11)6-3-1-2-4-8(6)9/h1-4H,5H2. The van der Waals surface area contributed by atoms with Gasteiger partial charge in [0.1, 0.15) is 5.21 Å². The van der Waals surface area contributed by atoms with Gasteiger partial charge in [-0.2, -0.15) is 4.73 Å². The van der Waals surface area contributed by atoms with Crippen LogP contribution in [0.25, 0.3) is 0 Å². The molecule has 0 amide bonds. The van der Waals surface area contributed by atoms with Crippen LogP contribution in [0.1, 0.15) is 0 Å². The van der Waals surface area contributed by atoms with Crippen LogP contribution in [0.2, 0.25) is 0 Å². The number of halogens is 1. The highest BCUT2D eigenvalue weighted by atomic mass is 35.5. The van der Waals surface area contributed by atoms with Crippen LogP contribution >= 0.6 is 11.6 Å². The Kier molecular flexibility index (Phi) is 2.54. The lowest BCUT2D eigenvalue weighted by Crippen LogP contribution is -2.33. The summed E-state index contributed by atoms with van der Waals surface area (Å²) in [6.07, 6.45) is 1.11. The lowest BCUT2D eigenvalue weighted by atomic mass is 10.5. The van der Waals surface area contributed by atoms with Crippen LogP contribution in [0, 0.1) is 5.21 Å². The van der Waals surface area contributed by atoms with E-state index in [2.05, 4.69) is 0 Å². The molecule has 1 aromatic rings. The van der Waals surface area contributed by atoms with Crippen molar-refractivity contribution in [1.29, 1.82) is 0 Å². The minimum absolute atomic E-state index is 0.276. The first-order valence-corrected chi connectivity index (χ1v) is 5.23. The van der Waals surface area contributed by atoms with E-state index >= 15 is 0 Å². The maximum absolute atomic E-state index is 11.1. The zero-order valence-corrected chi connectivity index (χ0v) is 7.55. The topological polar surface area (TPSA) is 61.1 Å². The minimum atomic E-state index is -3.61. The number of pyridine rings is 1. The van der Waals surface area contributed by atoms with E-state index in [0.717, 1.165) is 6.20 Å². The van der Waals surface area contributed by atoms with E-state index in [9.17, 15) is 13.6 Å². The third kappa shape index (κ3) is 1.67. The summed E-state index contributed by atoms with van der Waals surface area (Å²) in [5, 5.41) is 10.0. The maximum atomic E-state index is 11.1. The minimum Gasteiger partial charge on any atom is -0.618 e. The molecule has 0 unspecified atom stereocenters. The van der Waals surface area contributed by atoms with Crippen LogP contribution in [0.15, 0.2) is 29.4 Å². The maximum Gasteiger partial charge on any atom is 0.309 e. The zero-order chi connectivity index (χ0) is 9.19. The molecule has 4 nitrogen and oxygen atoms in total. The molecule has 0 bridgehead atoms. The molecule has 0 N–H and O–H groups in total. The molecule has 0 saturated heterocycles. The van der Waals surface area contributed by atoms with Crippen molar-refractivity contribution in [2.24, 2.45) is 0 Å². The number of rotatable bonds is 2. The van der Waals surface area contributed by atoms with Crippen LogP contribution in [0.4, 0.5) is 0 Å². The van der Waals surface area contributed by atoms with Crippen LogP contribution in [0.3, 0.4) is 0 Å². The van der Waals surface area contributed by atoms with Gasteiger partial charge in [0.15, 0.2) is 6.20 Å². The molecule has 0 aliphatic rings. The van der Waals surface area contributed by atoms with Crippen molar-refractivity contribution in [2.45, 2.75) is 5.03 Å². The van der Waals surface area contributed by atoms with Crippen molar-refractivity contribution >= 4 is 21.4 Å². The van der Waals surface area contributed by atoms with Gasteiger partial charge >= 0.3 is 5.03 Å². The fraction of sp³-hybridized carbons (Fsp3) is 0.167. The monoisotopic (exact) mass is 207 g/mol. The summed E-state index contributed by atoms with van der Waals surface area (Å²) < 4.78 is 22.4. The highest BCUT2D eigenvalue weighted by molar-refractivity contribution is 7.92. The second-order valence-corrected chi connectivity index (χ2v) is 4.61. The molecule has 0 aliphatic heterocycles. The van der Waals surface area contributed by atoms with Crippen LogP contribution in [-0.2, 0) is 9.84 Å². The Hall–Kier alpha value is -0.810. The van der Waals surface area contributed by atoms with Gasteiger partial charge in [-0.3, -0.25) is 0 Å². The van der Waals surface area contributed by atoms with Crippen LogP contribution < -0.4 is 4.73 Å². The predicted molar refractivity (Wildman–Crippen MR) is 43.3 cm³/mol. The first kappa shape index (κ1) is 9.28. The Balaban J connectivity index is 3.30. The van der Waals surface area contributed by atoms with E-state index in [1.807, 2.05) is 0 Å². The molecule has 1 aromatic heterocycles. The Morgan fingerprint density at radius 3 is 2.67 bits per heavy atom. The van der Waals surface area contributed by atoms with Crippen molar-refractivity contribution in [3.63, 3.8) is 0 Å². The highest BCUT2D eigenvalue weighted by Crippen LogP contribution is 2.05. The van der Waals surface area contributed by atoms with Gasteiger partial charge in [-0.1, -0.05) is 0 Å². The number of aromatic nitrogens is 1. The molecular weight excluding hydrogens is 202 g/mol. The van der Waals surface area contributed by atoms with Crippen LogP contribution in [-0.4, -0.2) is 13.6 Å². The molecule has 0 spiro atoms. The Morgan fingerprint density at radius 2 is 2.17 bits per heavy atom. The summed E-state index contributed by atoms with van der Waals surface area (Å²) in [6, 6.07) is 4.12. The molecule has 1 rings (SSSR count). The SMILES string of the molecule is O=S(=O)(CCl)c1cccc[n+]1[O-]. The van der Waals surface area contributed by atoms with E-state index < -0.39 is 15.0 Å². The molecule has 0 saturated carbocycles. The molecule has 66 valence electrons. The molecule has 0 aliphatic carbocycles. The lowest BCUT2D eigenvalue weighted by Gasteiger charge is -2.01. The van der Waals surface area contributed by atoms with Crippen LogP contribution in [0.5, 0.6) is 0 Å². The first-order valence-electron chi connectivity index (χ1n) is 3.05. The average Bonchev–Trinajstić information content (AvgIpc) is 2.05. The summed E-state index contributed by atoms with van der Waals surface area (Å²) in [5.74, 6) is 0. The normalized spacial score (nSPS) is 11.4. The number of hydrogen-bond acceptors (Lipinski definition) is 3.